The van der Waals surface area contributed by atoms with Gasteiger partial charge in [-0.3, -0.25) is 9.69 Å². The van der Waals surface area contributed by atoms with E-state index in [2.05, 4.69) is 17.9 Å². The number of carbonyl (C=O) groups is 1. The SMILES string of the molecule is CCC(C)C(=O)CN1CCc2cc(OC)c(OC)cc2C1. The highest BCUT2D eigenvalue weighted by Crippen LogP contribution is 2.33. The zero-order valence-corrected chi connectivity index (χ0v) is 13.4. The molecular weight excluding hydrogens is 266 g/mol. The fourth-order valence-corrected chi connectivity index (χ4v) is 2.68. The van der Waals surface area contributed by atoms with E-state index in [1.807, 2.05) is 13.0 Å². The van der Waals surface area contributed by atoms with Crippen molar-refractivity contribution in [3.8, 4) is 11.5 Å². The minimum atomic E-state index is 0.150. The Hall–Kier alpha value is -1.55. The van der Waals surface area contributed by atoms with E-state index in [4.69, 9.17) is 9.47 Å². The molecule has 0 aromatic heterocycles. The standard InChI is InChI=1S/C17H25NO3/c1-5-12(2)15(19)11-18-7-6-13-8-16(20-3)17(21-4)9-14(13)10-18/h8-9,12H,5-7,10-11H2,1-4H3. The first kappa shape index (κ1) is 15.8. The van der Waals surface area contributed by atoms with Crippen LogP contribution in [-0.4, -0.2) is 38.0 Å². The Kier molecular flexibility index (Phi) is 5.23. The van der Waals surface area contributed by atoms with Crippen molar-refractivity contribution in [1.29, 1.82) is 0 Å². The molecule has 0 radical (unpaired) electrons. The van der Waals surface area contributed by atoms with Gasteiger partial charge in [-0.15, -0.1) is 0 Å². The number of carbonyl (C=O) groups excluding carboxylic acids is 1. The summed E-state index contributed by atoms with van der Waals surface area (Å²) >= 11 is 0. The van der Waals surface area contributed by atoms with Crippen LogP contribution in [-0.2, 0) is 17.8 Å². The molecule has 0 saturated carbocycles. The Morgan fingerprint density at radius 2 is 1.86 bits per heavy atom. The lowest BCUT2D eigenvalue weighted by molar-refractivity contribution is -0.123. The van der Waals surface area contributed by atoms with Gasteiger partial charge in [0.1, 0.15) is 5.78 Å². The molecule has 1 atom stereocenters. The topological polar surface area (TPSA) is 38.8 Å². The number of benzene rings is 1. The third-order valence-electron chi connectivity index (χ3n) is 4.34. The molecule has 0 amide bonds. The van der Waals surface area contributed by atoms with Gasteiger partial charge < -0.3 is 9.47 Å². The molecule has 1 aliphatic heterocycles. The van der Waals surface area contributed by atoms with Crippen molar-refractivity contribution in [2.24, 2.45) is 5.92 Å². The summed E-state index contributed by atoms with van der Waals surface area (Å²) in [5.74, 6) is 2.02. The van der Waals surface area contributed by atoms with Gasteiger partial charge in [-0.2, -0.15) is 0 Å². The van der Waals surface area contributed by atoms with Crippen LogP contribution in [0.25, 0.3) is 0 Å². The van der Waals surface area contributed by atoms with E-state index in [9.17, 15) is 4.79 Å². The Bertz CT molecular complexity index is 513. The molecule has 4 nitrogen and oxygen atoms in total. The monoisotopic (exact) mass is 291 g/mol. The first-order valence-corrected chi connectivity index (χ1v) is 7.57. The summed E-state index contributed by atoms with van der Waals surface area (Å²) in [6, 6.07) is 4.09. The van der Waals surface area contributed by atoms with Crippen LogP contribution in [0.1, 0.15) is 31.4 Å². The van der Waals surface area contributed by atoms with Crippen molar-refractivity contribution in [2.45, 2.75) is 33.2 Å². The van der Waals surface area contributed by atoms with Crippen LogP contribution >= 0.6 is 0 Å². The molecule has 1 aromatic carbocycles. The van der Waals surface area contributed by atoms with E-state index in [0.717, 1.165) is 37.4 Å². The second-order valence-electron chi connectivity index (χ2n) is 5.71. The zero-order valence-electron chi connectivity index (χ0n) is 13.4. The van der Waals surface area contributed by atoms with Crippen molar-refractivity contribution < 1.29 is 14.3 Å². The van der Waals surface area contributed by atoms with Gasteiger partial charge in [0.15, 0.2) is 11.5 Å². The van der Waals surface area contributed by atoms with E-state index >= 15 is 0 Å². The number of rotatable bonds is 6. The van der Waals surface area contributed by atoms with Crippen LogP contribution in [0, 0.1) is 5.92 Å². The Balaban J connectivity index is 2.11. The van der Waals surface area contributed by atoms with Gasteiger partial charge in [0.25, 0.3) is 0 Å². The quantitative estimate of drug-likeness (QED) is 0.808. The van der Waals surface area contributed by atoms with Gasteiger partial charge in [-0.25, -0.2) is 0 Å². The summed E-state index contributed by atoms with van der Waals surface area (Å²) in [6.07, 6.45) is 1.86. The average molecular weight is 291 g/mol. The van der Waals surface area contributed by atoms with Gasteiger partial charge in [0, 0.05) is 19.0 Å². The minimum Gasteiger partial charge on any atom is -0.493 e. The summed E-state index contributed by atoms with van der Waals surface area (Å²) in [5.41, 5.74) is 2.52. The molecule has 0 saturated heterocycles. The van der Waals surface area contributed by atoms with Gasteiger partial charge >= 0.3 is 0 Å². The van der Waals surface area contributed by atoms with E-state index in [1.165, 1.54) is 11.1 Å². The van der Waals surface area contributed by atoms with Gasteiger partial charge in [-0.1, -0.05) is 13.8 Å². The van der Waals surface area contributed by atoms with E-state index in [-0.39, 0.29) is 5.92 Å². The summed E-state index contributed by atoms with van der Waals surface area (Å²) in [7, 11) is 3.31. The maximum absolute atomic E-state index is 12.1. The van der Waals surface area contributed by atoms with Crippen molar-refractivity contribution in [3.63, 3.8) is 0 Å². The lowest BCUT2D eigenvalue weighted by Crippen LogP contribution is -2.36. The summed E-state index contributed by atoms with van der Waals surface area (Å²) in [4.78, 5) is 14.3. The van der Waals surface area contributed by atoms with Crippen LogP contribution in [0.3, 0.4) is 0 Å². The molecule has 0 fully saturated rings. The summed E-state index contributed by atoms with van der Waals surface area (Å²) in [6.45, 7) is 6.34. The number of Topliss-reactive ketones (excluding diaryl/α,β-unsaturated/α-hetero) is 1. The van der Waals surface area contributed by atoms with Crippen molar-refractivity contribution in [2.75, 3.05) is 27.3 Å². The normalized spacial score (nSPS) is 16.2. The highest BCUT2D eigenvalue weighted by molar-refractivity contribution is 5.82. The molecule has 0 spiro atoms. The smallest absolute Gasteiger partial charge is 0.161 e. The average Bonchev–Trinajstić information content (AvgIpc) is 2.52. The molecule has 116 valence electrons. The van der Waals surface area contributed by atoms with Crippen molar-refractivity contribution in [1.82, 2.24) is 4.90 Å². The van der Waals surface area contributed by atoms with Crippen molar-refractivity contribution >= 4 is 5.78 Å². The molecular formula is C17H25NO3. The summed E-state index contributed by atoms with van der Waals surface area (Å²) < 4.78 is 10.7. The second kappa shape index (κ2) is 6.94. The fraction of sp³-hybridized carbons (Fsp3) is 0.588. The first-order chi connectivity index (χ1) is 10.1. The number of ketones is 1. The zero-order chi connectivity index (χ0) is 15.4. The first-order valence-electron chi connectivity index (χ1n) is 7.57. The van der Waals surface area contributed by atoms with E-state index < -0.39 is 0 Å². The molecule has 1 unspecified atom stereocenters. The lowest BCUT2D eigenvalue weighted by Gasteiger charge is -2.29. The van der Waals surface area contributed by atoms with Crippen LogP contribution in [0.4, 0.5) is 0 Å². The largest absolute Gasteiger partial charge is 0.493 e. The van der Waals surface area contributed by atoms with Crippen LogP contribution in [0.5, 0.6) is 11.5 Å². The molecule has 0 aliphatic carbocycles. The highest BCUT2D eigenvalue weighted by Gasteiger charge is 2.22. The van der Waals surface area contributed by atoms with Crippen LogP contribution in [0.15, 0.2) is 12.1 Å². The van der Waals surface area contributed by atoms with Gasteiger partial charge in [-0.05, 0) is 36.1 Å². The van der Waals surface area contributed by atoms with Crippen molar-refractivity contribution in [3.05, 3.63) is 23.3 Å². The third kappa shape index (κ3) is 3.56. The Labute approximate surface area is 127 Å². The lowest BCUT2D eigenvalue weighted by atomic mass is 9.97. The van der Waals surface area contributed by atoms with Crippen LogP contribution in [0.2, 0.25) is 0 Å². The second-order valence-corrected chi connectivity index (χ2v) is 5.71. The fourth-order valence-electron chi connectivity index (χ4n) is 2.68. The number of ether oxygens (including phenoxy) is 2. The number of hydrogen-bond donors (Lipinski definition) is 0. The third-order valence-corrected chi connectivity index (χ3v) is 4.34. The van der Waals surface area contributed by atoms with Crippen LogP contribution < -0.4 is 9.47 Å². The molecule has 0 N–H and O–H groups in total. The predicted molar refractivity (Wildman–Crippen MR) is 83.0 cm³/mol. The molecule has 1 aliphatic rings. The Morgan fingerprint density at radius 3 is 2.43 bits per heavy atom. The van der Waals surface area contributed by atoms with Gasteiger partial charge in [0.2, 0.25) is 0 Å². The number of hydrogen-bond acceptors (Lipinski definition) is 4. The molecule has 2 rings (SSSR count). The van der Waals surface area contributed by atoms with E-state index in [1.54, 1.807) is 14.2 Å². The minimum absolute atomic E-state index is 0.150. The maximum atomic E-state index is 12.1. The summed E-state index contributed by atoms with van der Waals surface area (Å²) in [5, 5.41) is 0. The molecule has 1 heterocycles. The Morgan fingerprint density at radius 1 is 1.24 bits per heavy atom. The number of nitrogens with zero attached hydrogens (tertiary/aromatic N) is 1. The maximum Gasteiger partial charge on any atom is 0.161 e. The number of methoxy groups -OCH3 is 2. The van der Waals surface area contributed by atoms with Gasteiger partial charge in [0.05, 0.1) is 20.8 Å². The molecule has 1 aromatic rings. The predicted octanol–water partition coefficient (Wildman–Crippen LogP) is 2.68. The molecule has 4 heteroatoms. The molecule has 21 heavy (non-hydrogen) atoms. The number of fused-ring (bicyclic) bond motifs is 1. The molecule has 0 bridgehead atoms. The highest BCUT2D eigenvalue weighted by atomic mass is 16.5. The van der Waals surface area contributed by atoms with E-state index in [0.29, 0.717) is 12.3 Å².